The molecule has 6 atom stereocenters. The van der Waals surface area contributed by atoms with Crippen molar-refractivity contribution in [3.8, 4) is 5.75 Å². The van der Waals surface area contributed by atoms with E-state index in [-0.39, 0.29) is 47.9 Å². The molecular formula is C27H25NO4. The SMILES string of the molecule is Cc1ccc(C(=O)COc2ccccc2N2C(=O)[C@@H]3[C@@H]4C=C[C@H]([C@@H]5C[C@H]45)[C@H]3C2=O)cc1C. The van der Waals surface area contributed by atoms with E-state index < -0.39 is 0 Å². The van der Waals surface area contributed by atoms with Crippen LogP contribution in [0.15, 0.2) is 54.6 Å². The van der Waals surface area contributed by atoms with Crippen molar-refractivity contribution in [2.45, 2.75) is 20.3 Å². The highest BCUT2D eigenvalue weighted by Crippen LogP contribution is 2.65. The molecule has 2 aromatic carbocycles. The number of hydrogen-bond donors (Lipinski definition) is 0. The van der Waals surface area contributed by atoms with Gasteiger partial charge in [-0.3, -0.25) is 14.4 Å². The van der Waals surface area contributed by atoms with Crippen molar-refractivity contribution in [2.24, 2.45) is 35.5 Å². The number of hydrogen-bond acceptors (Lipinski definition) is 4. The molecule has 2 amide bonds. The van der Waals surface area contributed by atoms with Crippen molar-refractivity contribution in [3.05, 3.63) is 71.3 Å². The third kappa shape index (κ3) is 2.73. The molecule has 2 aromatic rings. The van der Waals surface area contributed by atoms with Crippen molar-refractivity contribution in [3.63, 3.8) is 0 Å². The van der Waals surface area contributed by atoms with Crippen LogP contribution in [0.5, 0.6) is 5.75 Å². The average Bonchev–Trinajstić information content (AvgIpc) is 3.58. The molecule has 0 radical (unpaired) electrons. The van der Waals surface area contributed by atoms with Crippen LogP contribution < -0.4 is 9.64 Å². The number of rotatable bonds is 5. The molecule has 162 valence electrons. The molecule has 0 aromatic heterocycles. The minimum absolute atomic E-state index is 0.124. The normalized spacial score (nSPS) is 31.5. The number of nitrogens with zero attached hydrogens (tertiary/aromatic N) is 1. The van der Waals surface area contributed by atoms with Crippen LogP contribution in [0.2, 0.25) is 0 Å². The Balaban J connectivity index is 1.25. The number of carbonyl (C=O) groups is 3. The lowest BCUT2D eigenvalue weighted by Crippen LogP contribution is -2.40. The Morgan fingerprint density at radius 2 is 1.59 bits per heavy atom. The van der Waals surface area contributed by atoms with Crippen molar-refractivity contribution < 1.29 is 19.1 Å². The minimum atomic E-state index is -0.258. The summed E-state index contributed by atoms with van der Waals surface area (Å²) in [5.74, 6) is 0.954. The summed E-state index contributed by atoms with van der Waals surface area (Å²) >= 11 is 0. The van der Waals surface area contributed by atoms with Gasteiger partial charge in [0.25, 0.3) is 0 Å². The van der Waals surface area contributed by atoms with Crippen LogP contribution in [-0.2, 0) is 9.59 Å². The molecule has 1 aliphatic heterocycles. The van der Waals surface area contributed by atoms with E-state index in [1.807, 2.05) is 26.0 Å². The van der Waals surface area contributed by atoms with E-state index in [0.29, 0.717) is 28.8 Å². The van der Waals surface area contributed by atoms with Crippen LogP contribution in [0, 0.1) is 49.4 Å². The summed E-state index contributed by atoms with van der Waals surface area (Å²) in [7, 11) is 0. The van der Waals surface area contributed by atoms with Gasteiger partial charge in [0.1, 0.15) is 5.75 Å². The summed E-state index contributed by atoms with van der Waals surface area (Å²) in [6, 6.07) is 12.6. The van der Waals surface area contributed by atoms with Crippen molar-refractivity contribution in [1.82, 2.24) is 0 Å². The molecule has 2 saturated carbocycles. The van der Waals surface area contributed by atoms with Gasteiger partial charge in [0.05, 0.1) is 17.5 Å². The minimum Gasteiger partial charge on any atom is -0.483 e. The maximum absolute atomic E-state index is 13.4. The van der Waals surface area contributed by atoms with Crippen LogP contribution in [0.4, 0.5) is 5.69 Å². The van der Waals surface area contributed by atoms with Crippen LogP contribution in [0.25, 0.3) is 0 Å². The van der Waals surface area contributed by atoms with E-state index in [1.54, 1.807) is 30.3 Å². The van der Waals surface area contributed by atoms with E-state index in [9.17, 15) is 14.4 Å². The molecule has 2 bridgehead atoms. The molecular weight excluding hydrogens is 402 g/mol. The fourth-order valence-corrected chi connectivity index (χ4v) is 6.10. The van der Waals surface area contributed by atoms with Gasteiger partial charge in [-0.05, 0) is 73.3 Å². The Bertz CT molecular complexity index is 1160. The van der Waals surface area contributed by atoms with Crippen molar-refractivity contribution in [1.29, 1.82) is 0 Å². The topological polar surface area (TPSA) is 63.7 Å². The van der Waals surface area contributed by atoms with Crippen molar-refractivity contribution >= 4 is 23.3 Å². The van der Waals surface area contributed by atoms with E-state index in [1.165, 1.54) is 4.90 Å². The van der Waals surface area contributed by atoms with E-state index >= 15 is 0 Å². The highest BCUT2D eigenvalue weighted by molar-refractivity contribution is 6.23. The quantitative estimate of drug-likeness (QED) is 0.409. The maximum atomic E-state index is 13.4. The van der Waals surface area contributed by atoms with Crippen molar-refractivity contribution in [2.75, 3.05) is 11.5 Å². The first-order valence-electron chi connectivity index (χ1n) is 11.3. The molecule has 7 rings (SSSR count). The summed E-state index contributed by atoms with van der Waals surface area (Å²) in [5, 5.41) is 0. The Labute approximate surface area is 187 Å². The number of anilines is 1. The maximum Gasteiger partial charge on any atom is 0.238 e. The summed E-state index contributed by atoms with van der Waals surface area (Å²) in [6.07, 6.45) is 5.47. The van der Waals surface area contributed by atoms with Gasteiger partial charge in [0, 0.05) is 5.56 Å². The molecule has 5 nitrogen and oxygen atoms in total. The zero-order valence-electron chi connectivity index (χ0n) is 18.2. The number of allylic oxidation sites excluding steroid dienone is 2. The lowest BCUT2D eigenvalue weighted by Gasteiger charge is -2.37. The Hall–Kier alpha value is -3.21. The number of para-hydroxylation sites is 2. The first kappa shape index (κ1) is 19.5. The second-order valence-electron chi connectivity index (χ2n) is 9.65. The highest BCUT2D eigenvalue weighted by Gasteiger charge is 2.67. The molecule has 3 fully saturated rings. The van der Waals surface area contributed by atoms with Gasteiger partial charge in [-0.25, -0.2) is 4.90 Å². The third-order valence-corrected chi connectivity index (χ3v) is 7.96. The standard InChI is InChI=1S/C27H25NO4/c1-14-7-8-16(11-15(14)2)22(29)13-32-23-6-4-3-5-21(23)28-26(30)24-17-9-10-18(20-12-19(17)20)25(24)27(28)31/h3-11,17-20,24-25H,12-13H2,1-2H3/t17-,18-,19-,20+,24-,25-/m1/s1. The number of ketones is 1. The summed E-state index contributed by atoms with van der Waals surface area (Å²) in [6.45, 7) is 3.82. The predicted molar refractivity (Wildman–Crippen MR) is 119 cm³/mol. The zero-order chi connectivity index (χ0) is 22.1. The summed E-state index contributed by atoms with van der Waals surface area (Å²) in [5.41, 5.74) is 3.21. The molecule has 32 heavy (non-hydrogen) atoms. The highest BCUT2D eigenvalue weighted by atomic mass is 16.5. The van der Waals surface area contributed by atoms with Crippen LogP contribution in [0.3, 0.4) is 0 Å². The lowest BCUT2D eigenvalue weighted by molar-refractivity contribution is -0.124. The van der Waals surface area contributed by atoms with E-state index in [0.717, 1.165) is 17.5 Å². The summed E-state index contributed by atoms with van der Waals surface area (Å²) < 4.78 is 5.87. The number of imide groups is 1. The smallest absolute Gasteiger partial charge is 0.238 e. The number of carbonyl (C=O) groups excluding carboxylic acids is 3. The second kappa shape index (κ2) is 6.89. The van der Waals surface area contributed by atoms with E-state index in [4.69, 9.17) is 4.74 Å². The Kier molecular flexibility index (Phi) is 4.19. The number of ether oxygens (including phenoxy) is 1. The molecule has 1 heterocycles. The molecule has 0 unspecified atom stereocenters. The molecule has 1 saturated heterocycles. The predicted octanol–water partition coefficient (Wildman–Crippen LogP) is 4.12. The van der Waals surface area contributed by atoms with Crippen LogP contribution in [-0.4, -0.2) is 24.2 Å². The number of amides is 2. The third-order valence-electron chi connectivity index (χ3n) is 7.96. The first-order chi connectivity index (χ1) is 15.5. The fraction of sp³-hybridized carbons (Fsp3) is 0.370. The van der Waals surface area contributed by atoms with Gasteiger partial charge in [0.2, 0.25) is 11.8 Å². The van der Waals surface area contributed by atoms with Gasteiger partial charge < -0.3 is 4.74 Å². The van der Waals surface area contributed by atoms with Gasteiger partial charge in [-0.2, -0.15) is 0 Å². The van der Waals surface area contributed by atoms with Gasteiger partial charge in [-0.15, -0.1) is 0 Å². The first-order valence-corrected chi connectivity index (χ1v) is 11.3. The van der Waals surface area contributed by atoms with Gasteiger partial charge >= 0.3 is 0 Å². The van der Waals surface area contributed by atoms with Crippen LogP contribution in [0.1, 0.15) is 27.9 Å². The molecule has 0 N–H and O–H groups in total. The number of Topliss-reactive ketones (excluding diaryl/α,β-unsaturated/α-hetero) is 1. The molecule has 0 spiro atoms. The summed E-state index contributed by atoms with van der Waals surface area (Å²) in [4.78, 5) is 40.9. The van der Waals surface area contributed by atoms with Gasteiger partial charge in [0.15, 0.2) is 12.4 Å². The average molecular weight is 428 g/mol. The van der Waals surface area contributed by atoms with E-state index in [2.05, 4.69) is 12.2 Å². The zero-order valence-corrected chi connectivity index (χ0v) is 18.2. The fourth-order valence-electron chi connectivity index (χ4n) is 6.10. The number of aryl methyl sites for hydroxylation is 2. The molecule has 5 heteroatoms. The van der Waals surface area contributed by atoms with Crippen LogP contribution >= 0.6 is 0 Å². The number of benzene rings is 2. The molecule has 4 aliphatic carbocycles. The molecule has 5 aliphatic rings. The Morgan fingerprint density at radius 3 is 2.25 bits per heavy atom. The largest absolute Gasteiger partial charge is 0.483 e. The monoisotopic (exact) mass is 427 g/mol. The Morgan fingerprint density at radius 1 is 0.938 bits per heavy atom. The second-order valence-corrected chi connectivity index (χ2v) is 9.65. The van der Waals surface area contributed by atoms with Gasteiger partial charge in [-0.1, -0.05) is 36.4 Å². The lowest BCUT2D eigenvalue weighted by atomic mass is 9.63.